The van der Waals surface area contributed by atoms with Crippen LogP contribution in [-0.4, -0.2) is 9.78 Å². The lowest BCUT2D eigenvalue weighted by Crippen LogP contribution is -2.02. The highest BCUT2D eigenvalue weighted by molar-refractivity contribution is 9.10. The number of nitrogens with zero attached hydrogens (tertiary/aromatic N) is 3. The van der Waals surface area contributed by atoms with Gasteiger partial charge in [0.05, 0.1) is 11.3 Å². The molecule has 0 atom stereocenters. The zero-order chi connectivity index (χ0) is 13.1. The molecule has 18 heavy (non-hydrogen) atoms. The molecule has 0 unspecified atom stereocenters. The minimum Gasteiger partial charge on any atom is -0.338 e. The van der Waals surface area contributed by atoms with Crippen LogP contribution < -0.4 is 5.32 Å². The van der Waals surface area contributed by atoms with Gasteiger partial charge in [-0.3, -0.25) is 4.68 Å². The molecule has 0 saturated carbocycles. The van der Waals surface area contributed by atoms with Gasteiger partial charge in [0.25, 0.3) is 0 Å². The zero-order valence-corrected chi connectivity index (χ0v) is 11.8. The first kappa shape index (κ1) is 12.7. The maximum Gasteiger partial charge on any atom is 0.152 e. The van der Waals surface area contributed by atoms with Gasteiger partial charge in [-0.05, 0) is 32.0 Å². The van der Waals surface area contributed by atoms with E-state index in [4.69, 9.17) is 5.26 Å². The fourth-order valence-electron chi connectivity index (χ4n) is 1.55. The minimum absolute atomic E-state index is 0.318. The van der Waals surface area contributed by atoms with Gasteiger partial charge in [-0.25, -0.2) is 0 Å². The Kier molecular flexibility index (Phi) is 3.68. The van der Waals surface area contributed by atoms with Crippen LogP contribution in [0, 0.1) is 11.3 Å². The van der Waals surface area contributed by atoms with Crippen molar-refractivity contribution in [1.82, 2.24) is 9.78 Å². The number of nitriles is 1. The predicted octanol–water partition coefficient (Wildman–Crippen LogP) is 3.84. The van der Waals surface area contributed by atoms with Crippen molar-refractivity contribution in [3.05, 3.63) is 40.5 Å². The van der Waals surface area contributed by atoms with Crippen molar-refractivity contribution in [1.29, 1.82) is 5.26 Å². The molecule has 5 heteroatoms. The third kappa shape index (κ3) is 2.71. The first-order chi connectivity index (χ1) is 8.60. The van der Waals surface area contributed by atoms with Crippen LogP contribution in [0.25, 0.3) is 0 Å². The summed E-state index contributed by atoms with van der Waals surface area (Å²) in [5.41, 5.74) is 1.35. The Morgan fingerprint density at radius 2 is 2.17 bits per heavy atom. The molecule has 0 aliphatic carbocycles. The fourth-order valence-corrected chi connectivity index (χ4v) is 1.91. The van der Waals surface area contributed by atoms with Crippen LogP contribution in [-0.2, 0) is 0 Å². The maximum absolute atomic E-state index is 9.05. The average molecular weight is 305 g/mol. The molecule has 4 nitrogen and oxygen atoms in total. The van der Waals surface area contributed by atoms with E-state index in [1.165, 1.54) is 0 Å². The highest BCUT2D eigenvalue weighted by Crippen LogP contribution is 2.24. The van der Waals surface area contributed by atoms with Gasteiger partial charge in [0.1, 0.15) is 6.07 Å². The summed E-state index contributed by atoms with van der Waals surface area (Å²) in [6.45, 7) is 4.13. The Hall–Kier alpha value is -1.80. The smallest absolute Gasteiger partial charge is 0.152 e. The average Bonchev–Trinajstić information content (AvgIpc) is 2.78. The molecule has 0 aliphatic rings. The SMILES string of the molecule is CC(C)n1ccc(Nc2cc(Br)ccc2C#N)n1. The quantitative estimate of drug-likeness (QED) is 0.937. The van der Waals surface area contributed by atoms with Gasteiger partial charge >= 0.3 is 0 Å². The van der Waals surface area contributed by atoms with E-state index < -0.39 is 0 Å². The highest BCUT2D eigenvalue weighted by atomic mass is 79.9. The van der Waals surface area contributed by atoms with E-state index in [1.54, 1.807) is 6.07 Å². The molecule has 0 spiro atoms. The normalized spacial score (nSPS) is 10.4. The summed E-state index contributed by atoms with van der Waals surface area (Å²) in [6.07, 6.45) is 1.91. The van der Waals surface area contributed by atoms with Crippen LogP contribution in [0.5, 0.6) is 0 Å². The number of hydrogen-bond donors (Lipinski definition) is 1. The summed E-state index contributed by atoms with van der Waals surface area (Å²) in [5, 5.41) is 16.6. The van der Waals surface area contributed by atoms with Crippen molar-refractivity contribution in [3.63, 3.8) is 0 Å². The van der Waals surface area contributed by atoms with E-state index in [0.717, 1.165) is 16.0 Å². The molecule has 1 aromatic heterocycles. The first-order valence-corrected chi connectivity index (χ1v) is 6.41. The summed E-state index contributed by atoms with van der Waals surface area (Å²) >= 11 is 3.39. The second-order valence-corrected chi connectivity index (χ2v) is 5.12. The number of anilines is 2. The summed E-state index contributed by atoms with van der Waals surface area (Å²) in [6, 6.07) is 9.85. The molecule has 0 amide bonds. The molecule has 1 aromatic carbocycles. The van der Waals surface area contributed by atoms with Crippen LogP contribution in [0.4, 0.5) is 11.5 Å². The van der Waals surface area contributed by atoms with Crippen molar-refractivity contribution in [2.75, 3.05) is 5.32 Å². The largest absolute Gasteiger partial charge is 0.338 e. The first-order valence-electron chi connectivity index (χ1n) is 5.62. The van der Waals surface area contributed by atoms with E-state index in [-0.39, 0.29) is 0 Å². The molecule has 1 heterocycles. The summed E-state index contributed by atoms with van der Waals surface area (Å²) < 4.78 is 2.79. The lowest BCUT2D eigenvalue weighted by Gasteiger charge is -2.07. The van der Waals surface area contributed by atoms with Gasteiger partial charge in [-0.1, -0.05) is 15.9 Å². The highest BCUT2D eigenvalue weighted by Gasteiger charge is 2.06. The maximum atomic E-state index is 9.05. The van der Waals surface area contributed by atoms with Crippen LogP contribution in [0.15, 0.2) is 34.9 Å². The van der Waals surface area contributed by atoms with Crippen molar-refractivity contribution in [2.45, 2.75) is 19.9 Å². The molecular weight excluding hydrogens is 292 g/mol. The molecule has 0 aliphatic heterocycles. The van der Waals surface area contributed by atoms with E-state index in [1.807, 2.05) is 29.1 Å². The van der Waals surface area contributed by atoms with Crippen LogP contribution >= 0.6 is 15.9 Å². The van der Waals surface area contributed by atoms with Crippen LogP contribution in [0.3, 0.4) is 0 Å². The molecule has 0 saturated heterocycles. The molecule has 0 bridgehead atoms. The summed E-state index contributed by atoms with van der Waals surface area (Å²) in [5.74, 6) is 0.735. The van der Waals surface area contributed by atoms with Crippen molar-refractivity contribution in [3.8, 4) is 6.07 Å². The minimum atomic E-state index is 0.318. The Bertz CT molecular complexity index is 595. The Morgan fingerprint density at radius 1 is 1.39 bits per heavy atom. The van der Waals surface area contributed by atoms with Gasteiger partial charge in [0.2, 0.25) is 0 Å². The third-order valence-corrected chi connectivity index (χ3v) is 3.00. The number of hydrogen-bond acceptors (Lipinski definition) is 3. The molecule has 0 radical (unpaired) electrons. The molecule has 92 valence electrons. The molecule has 2 rings (SSSR count). The van der Waals surface area contributed by atoms with Gasteiger partial charge in [-0.15, -0.1) is 0 Å². The topological polar surface area (TPSA) is 53.6 Å². The standard InChI is InChI=1S/C13H13BrN4/c1-9(2)18-6-5-13(17-18)16-12-7-11(14)4-3-10(12)8-15/h3-7,9H,1-2H3,(H,16,17). The summed E-state index contributed by atoms with van der Waals surface area (Å²) in [7, 11) is 0. The Morgan fingerprint density at radius 3 is 2.78 bits per heavy atom. The van der Waals surface area contributed by atoms with E-state index in [9.17, 15) is 0 Å². The van der Waals surface area contributed by atoms with Crippen molar-refractivity contribution in [2.24, 2.45) is 0 Å². The summed E-state index contributed by atoms with van der Waals surface area (Å²) in [4.78, 5) is 0. The second-order valence-electron chi connectivity index (χ2n) is 4.20. The monoisotopic (exact) mass is 304 g/mol. The zero-order valence-electron chi connectivity index (χ0n) is 10.2. The van der Waals surface area contributed by atoms with Crippen molar-refractivity contribution < 1.29 is 0 Å². The number of nitrogens with one attached hydrogen (secondary N) is 1. The van der Waals surface area contributed by atoms with Crippen LogP contribution in [0.1, 0.15) is 25.5 Å². The van der Waals surface area contributed by atoms with Gasteiger partial charge in [0, 0.05) is 22.8 Å². The number of benzene rings is 1. The lowest BCUT2D eigenvalue weighted by atomic mass is 10.2. The van der Waals surface area contributed by atoms with E-state index in [0.29, 0.717) is 11.6 Å². The Balaban J connectivity index is 2.28. The van der Waals surface area contributed by atoms with Gasteiger partial charge in [0.15, 0.2) is 5.82 Å². The number of aromatic nitrogens is 2. The Labute approximate surface area is 114 Å². The van der Waals surface area contributed by atoms with Crippen molar-refractivity contribution >= 4 is 27.4 Å². The van der Waals surface area contributed by atoms with Gasteiger partial charge in [-0.2, -0.15) is 10.4 Å². The van der Waals surface area contributed by atoms with Crippen LogP contribution in [0.2, 0.25) is 0 Å². The molecule has 0 fully saturated rings. The van der Waals surface area contributed by atoms with Gasteiger partial charge < -0.3 is 5.32 Å². The molecule has 2 aromatic rings. The third-order valence-electron chi connectivity index (χ3n) is 2.50. The lowest BCUT2D eigenvalue weighted by molar-refractivity contribution is 0.534. The van der Waals surface area contributed by atoms with E-state index >= 15 is 0 Å². The second kappa shape index (κ2) is 5.23. The molecular formula is C13H13BrN4. The predicted molar refractivity (Wildman–Crippen MR) is 74.8 cm³/mol. The van der Waals surface area contributed by atoms with E-state index in [2.05, 4.69) is 46.3 Å². The number of halogens is 1. The number of rotatable bonds is 3. The fraction of sp³-hybridized carbons (Fsp3) is 0.231. The molecule has 1 N–H and O–H groups in total.